The monoisotopic (exact) mass is 360 g/mol. The van der Waals surface area contributed by atoms with Crippen LogP contribution in [0.3, 0.4) is 0 Å². The van der Waals surface area contributed by atoms with Crippen LogP contribution >= 0.6 is 0 Å². The summed E-state index contributed by atoms with van der Waals surface area (Å²) < 4.78 is 0. The molecule has 26 heavy (non-hydrogen) atoms. The van der Waals surface area contributed by atoms with Gasteiger partial charge in [-0.1, -0.05) is 38.1 Å². The highest BCUT2D eigenvalue weighted by Crippen LogP contribution is 2.17. The average Bonchev–Trinajstić information content (AvgIpc) is 2.82. The first-order valence-corrected chi connectivity index (χ1v) is 9.62. The number of rotatable bonds is 7. The van der Waals surface area contributed by atoms with E-state index in [9.17, 15) is 9.59 Å². The number of likely N-dealkylation sites (tertiary alicyclic amines) is 1. The summed E-state index contributed by atoms with van der Waals surface area (Å²) >= 11 is 0. The van der Waals surface area contributed by atoms with Crippen molar-refractivity contribution in [3.8, 4) is 0 Å². The second-order valence-electron chi connectivity index (χ2n) is 7.87. The highest BCUT2D eigenvalue weighted by atomic mass is 16.4. The zero-order valence-electron chi connectivity index (χ0n) is 16.3. The molecule has 1 heterocycles. The number of aliphatic carboxylic acids is 1. The first-order chi connectivity index (χ1) is 12.3. The molecular formula is C21H32N2O3. The molecule has 0 aromatic heterocycles. The molecule has 1 fully saturated rings. The van der Waals surface area contributed by atoms with Crippen molar-refractivity contribution < 1.29 is 14.7 Å². The van der Waals surface area contributed by atoms with Crippen LogP contribution in [0.4, 0.5) is 0 Å². The van der Waals surface area contributed by atoms with Gasteiger partial charge in [0.2, 0.25) is 5.91 Å². The van der Waals surface area contributed by atoms with Gasteiger partial charge < -0.3 is 10.0 Å². The fourth-order valence-electron chi connectivity index (χ4n) is 3.66. The minimum Gasteiger partial charge on any atom is -0.480 e. The zero-order valence-corrected chi connectivity index (χ0v) is 16.3. The molecule has 1 aliphatic rings. The lowest BCUT2D eigenvalue weighted by Gasteiger charge is -2.25. The molecule has 0 bridgehead atoms. The van der Waals surface area contributed by atoms with Gasteiger partial charge in [0, 0.05) is 19.1 Å². The van der Waals surface area contributed by atoms with E-state index in [-0.39, 0.29) is 18.5 Å². The Morgan fingerprint density at radius 1 is 1.15 bits per heavy atom. The largest absolute Gasteiger partial charge is 0.480 e. The Kier molecular flexibility index (Phi) is 7.64. The highest BCUT2D eigenvalue weighted by molar-refractivity contribution is 5.78. The fraction of sp³-hybridized carbons (Fsp3) is 0.619. The third kappa shape index (κ3) is 6.45. The summed E-state index contributed by atoms with van der Waals surface area (Å²) in [5.41, 5.74) is 2.38. The molecule has 0 spiro atoms. The van der Waals surface area contributed by atoms with Crippen LogP contribution in [0.5, 0.6) is 0 Å². The fourth-order valence-corrected chi connectivity index (χ4v) is 3.66. The lowest BCUT2D eigenvalue weighted by molar-refractivity contribution is -0.138. The highest BCUT2D eigenvalue weighted by Gasteiger charge is 2.24. The predicted octanol–water partition coefficient (Wildman–Crippen LogP) is 2.83. The van der Waals surface area contributed by atoms with Crippen LogP contribution in [0.2, 0.25) is 0 Å². The van der Waals surface area contributed by atoms with Crippen molar-refractivity contribution in [2.45, 2.75) is 52.0 Å². The Labute approximate surface area is 157 Å². The number of amides is 1. The number of hydrogen-bond donors (Lipinski definition) is 1. The Hall–Kier alpha value is -1.88. The van der Waals surface area contributed by atoms with Gasteiger partial charge in [-0.2, -0.15) is 0 Å². The van der Waals surface area contributed by atoms with E-state index in [2.05, 4.69) is 38.1 Å². The molecule has 144 valence electrons. The number of carbonyl (C=O) groups is 2. The molecule has 1 unspecified atom stereocenters. The summed E-state index contributed by atoms with van der Waals surface area (Å²) in [5.74, 6) is 0.000487. The summed E-state index contributed by atoms with van der Waals surface area (Å²) in [6.45, 7) is 5.94. The van der Waals surface area contributed by atoms with Gasteiger partial charge in [-0.15, -0.1) is 0 Å². The van der Waals surface area contributed by atoms with E-state index in [1.807, 2.05) is 16.8 Å². The standard InChI is InChI=1S/C21H32N2O3/c1-16(2)13-17-6-8-18(9-7-17)14-20(24)23-11-4-5-19(10-12-23)22(3)15-21(25)26/h6-9,16,19H,4-5,10-15H2,1-3H3,(H,25,26). The van der Waals surface area contributed by atoms with Gasteiger partial charge in [-0.25, -0.2) is 0 Å². The zero-order chi connectivity index (χ0) is 19.1. The van der Waals surface area contributed by atoms with Gasteiger partial charge in [0.25, 0.3) is 0 Å². The number of carboxylic acids is 1. The molecule has 1 amide bonds. The Balaban J connectivity index is 1.86. The molecule has 1 aliphatic heterocycles. The van der Waals surface area contributed by atoms with Crippen molar-refractivity contribution in [1.82, 2.24) is 9.80 Å². The molecule has 1 atom stereocenters. The molecule has 5 heteroatoms. The van der Waals surface area contributed by atoms with Crippen molar-refractivity contribution in [3.05, 3.63) is 35.4 Å². The number of benzene rings is 1. The topological polar surface area (TPSA) is 60.9 Å². The van der Waals surface area contributed by atoms with Crippen LogP contribution in [-0.4, -0.2) is 59.5 Å². The van der Waals surface area contributed by atoms with Gasteiger partial charge in [0.15, 0.2) is 0 Å². The minimum atomic E-state index is -0.800. The quantitative estimate of drug-likeness (QED) is 0.812. The van der Waals surface area contributed by atoms with Gasteiger partial charge in [-0.05, 0) is 49.8 Å². The molecule has 0 saturated carbocycles. The van der Waals surface area contributed by atoms with E-state index in [0.717, 1.165) is 37.8 Å². The maximum atomic E-state index is 12.7. The summed E-state index contributed by atoms with van der Waals surface area (Å²) in [6, 6.07) is 8.62. The minimum absolute atomic E-state index is 0.0569. The number of carbonyl (C=O) groups excluding carboxylic acids is 1. The van der Waals surface area contributed by atoms with E-state index in [1.54, 1.807) is 0 Å². The van der Waals surface area contributed by atoms with Gasteiger partial charge in [-0.3, -0.25) is 14.5 Å². The normalized spacial score (nSPS) is 18.2. The van der Waals surface area contributed by atoms with Crippen molar-refractivity contribution >= 4 is 11.9 Å². The first kappa shape index (κ1) is 20.4. The number of likely N-dealkylation sites (N-methyl/N-ethyl adjacent to an activating group) is 1. The molecule has 5 nitrogen and oxygen atoms in total. The van der Waals surface area contributed by atoms with E-state index >= 15 is 0 Å². The predicted molar refractivity (Wildman–Crippen MR) is 103 cm³/mol. The van der Waals surface area contributed by atoms with Gasteiger partial charge in [0.05, 0.1) is 13.0 Å². The van der Waals surface area contributed by atoms with Crippen LogP contribution in [0.25, 0.3) is 0 Å². The molecular weight excluding hydrogens is 328 g/mol. The van der Waals surface area contributed by atoms with Crippen molar-refractivity contribution in [2.75, 3.05) is 26.7 Å². The summed E-state index contributed by atoms with van der Waals surface area (Å²) in [6.07, 6.45) is 4.21. The number of carboxylic acid groups (broad SMARTS) is 1. The van der Waals surface area contributed by atoms with E-state index in [1.165, 1.54) is 5.56 Å². The lowest BCUT2D eigenvalue weighted by Crippen LogP contribution is -2.37. The van der Waals surface area contributed by atoms with Crippen LogP contribution in [0.1, 0.15) is 44.2 Å². The van der Waals surface area contributed by atoms with Crippen LogP contribution in [0.15, 0.2) is 24.3 Å². The van der Waals surface area contributed by atoms with Crippen molar-refractivity contribution in [1.29, 1.82) is 0 Å². The van der Waals surface area contributed by atoms with Gasteiger partial charge in [0.1, 0.15) is 0 Å². The summed E-state index contributed by atoms with van der Waals surface area (Å²) in [5, 5.41) is 8.95. The number of nitrogens with zero attached hydrogens (tertiary/aromatic N) is 2. The molecule has 1 aromatic rings. The third-order valence-corrected chi connectivity index (χ3v) is 5.08. The smallest absolute Gasteiger partial charge is 0.317 e. The van der Waals surface area contributed by atoms with Crippen molar-refractivity contribution in [3.63, 3.8) is 0 Å². The van der Waals surface area contributed by atoms with Crippen LogP contribution in [0, 0.1) is 5.92 Å². The third-order valence-electron chi connectivity index (χ3n) is 5.08. The molecule has 1 aromatic carbocycles. The average molecular weight is 360 g/mol. The first-order valence-electron chi connectivity index (χ1n) is 9.62. The molecule has 0 aliphatic carbocycles. The Morgan fingerprint density at radius 3 is 2.42 bits per heavy atom. The van der Waals surface area contributed by atoms with Gasteiger partial charge >= 0.3 is 5.97 Å². The van der Waals surface area contributed by atoms with Crippen LogP contribution in [-0.2, 0) is 22.4 Å². The molecule has 1 N–H and O–H groups in total. The van der Waals surface area contributed by atoms with E-state index in [0.29, 0.717) is 18.9 Å². The maximum Gasteiger partial charge on any atom is 0.317 e. The molecule has 1 saturated heterocycles. The van der Waals surface area contributed by atoms with E-state index < -0.39 is 5.97 Å². The second-order valence-corrected chi connectivity index (χ2v) is 7.87. The Morgan fingerprint density at radius 2 is 1.81 bits per heavy atom. The maximum absolute atomic E-state index is 12.7. The number of hydrogen-bond acceptors (Lipinski definition) is 3. The summed E-state index contributed by atoms with van der Waals surface area (Å²) in [4.78, 5) is 27.4. The summed E-state index contributed by atoms with van der Waals surface area (Å²) in [7, 11) is 1.86. The SMILES string of the molecule is CC(C)Cc1ccc(CC(=O)N2CCCC(N(C)CC(=O)O)CC2)cc1. The second kappa shape index (κ2) is 9.72. The van der Waals surface area contributed by atoms with E-state index in [4.69, 9.17) is 5.11 Å². The Bertz CT molecular complexity index is 598. The van der Waals surface area contributed by atoms with Crippen molar-refractivity contribution in [2.24, 2.45) is 5.92 Å². The lowest BCUT2D eigenvalue weighted by atomic mass is 10.0. The molecule has 0 radical (unpaired) electrons. The van der Waals surface area contributed by atoms with Crippen LogP contribution < -0.4 is 0 Å². The molecule has 2 rings (SSSR count).